The van der Waals surface area contributed by atoms with Gasteiger partial charge >= 0.3 is 0 Å². The second-order valence-electron chi connectivity index (χ2n) is 6.78. The highest BCUT2D eigenvalue weighted by Crippen LogP contribution is 2.30. The number of thiophene rings is 1. The molecule has 0 aliphatic rings. The fourth-order valence-electron chi connectivity index (χ4n) is 2.86. The number of rotatable bonds is 9. The highest BCUT2D eigenvalue weighted by molar-refractivity contribution is 7.99. The lowest BCUT2D eigenvalue weighted by molar-refractivity contribution is -0.119. The van der Waals surface area contributed by atoms with Gasteiger partial charge in [-0.2, -0.15) is 0 Å². The molecule has 144 valence electrons. The third-order valence-corrected chi connectivity index (χ3v) is 6.70. The molecule has 26 heavy (non-hydrogen) atoms. The van der Waals surface area contributed by atoms with Gasteiger partial charge in [0.2, 0.25) is 5.91 Å². The van der Waals surface area contributed by atoms with Crippen LogP contribution in [0.3, 0.4) is 0 Å². The van der Waals surface area contributed by atoms with Gasteiger partial charge < -0.3 is 10.3 Å². The fraction of sp³-hybridized carbons (Fsp3) is 0.632. The molecule has 2 aromatic heterocycles. The van der Waals surface area contributed by atoms with Gasteiger partial charge in [0.05, 0.1) is 11.1 Å². The van der Waals surface area contributed by atoms with Crippen LogP contribution in [0.15, 0.2) is 9.95 Å². The normalized spacial score (nSPS) is 12.7. The lowest BCUT2D eigenvalue weighted by atomic mass is 9.98. The van der Waals surface area contributed by atoms with Crippen LogP contribution in [0.2, 0.25) is 0 Å². The van der Waals surface area contributed by atoms with E-state index in [0.29, 0.717) is 11.1 Å². The van der Waals surface area contributed by atoms with Crippen molar-refractivity contribution in [2.75, 3.05) is 5.75 Å². The molecular weight excluding hydrogens is 366 g/mol. The number of carbonyl (C=O) groups excluding carboxylic acids is 1. The number of amides is 1. The van der Waals surface area contributed by atoms with Crippen molar-refractivity contribution in [2.45, 2.75) is 71.5 Å². The number of carbonyl (C=O) groups is 1. The summed E-state index contributed by atoms with van der Waals surface area (Å²) in [6.45, 7) is 10.5. The van der Waals surface area contributed by atoms with E-state index >= 15 is 0 Å². The molecule has 0 spiro atoms. The van der Waals surface area contributed by atoms with Crippen LogP contribution in [0.25, 0.3) is 10.2 Å². The van der Waals surface area contributed by atoms with E-state index in [2.05, 4.69) is 49.9 Å². The minimum atomic E-state index is -0.0967. The predicted molar refractivity (Wildman–Crippen MR) is 111 cm³/mol. The van der Waals surface area contributed by atoms with E-state index in [1.54, 1.807) is 11.3 Å². The first-order valence-corrected chi connectivity index (χ1v) is 11.1. The number of H-pyrrole nitrogens is 1. The van der Waals surface area contributed by atoms with E-state index in [4.69, 9.17) is 0 Å². The molecule has 0 fully saturated rings. The summed E-state index contributed by atoms with van der Waals surface area (Å²) in [5.41, 5.74) is 1.02. The van der Waals surface area contributed by atoms with Crippen molar-refractivity contribution in [3.05, 3.63) is 20.8 Å². The minimum Gasteiger partial charge on any atom is -0.353 e. The summed E-state index contributed by atoms with van der Waals surface area (Å²) in [5, 5.41) is 4.24. The molecule has 2 heterocycles. The maximum absolute atomic E-state index is 12.6. The van der Waals surface area contributed by atoms with E-state index in [1.165, 1.54) is 11.8 Å². The molecule has 0 aromatic carbocycles. The maximum Gasteiger partial charge on any atom is 0.260 e. The zero-order valence-corrected chi connectivity index (χ0v) is 17.9. The second kappa shape index (κ2) is 9.55. The predicted octanol–water partition coefficient (Wildman–Crippen LogP) is 4.28. The number of fused-ring (bicyclic) bond motifs is 1. The Kier molecular flexibility index (Phi) is 7.70. The van der Waals surface area contributed by atoms with E-state index in [0.717, 1.165) is 46.3 Å². The van der Waals surface area contributed by atoms with Crippen molar-refractivity contribution >= 4 is 39.2 Å². The highest BCUT2D eigenvalue weighted by Gasteiger charge is 2.17. The van der Waals surface area contributed by atoms with Crippen molar-refractivity contribution in [3.8, 4) is 0 Å². The Morgan fingerprint density at radius 2 is 1.96 bits per heavy atom. The molecule has 1 atom stereocenters. The fourth-order valence-corrected chi connectivity index (χ4v) is 4.64. The van der Waals surface area contributed by atoms with E-state index in [1.807, 2.05) is 0 Å². The van der Waals surface area contributed by atoms with Crippen molar-refractivity contribution in [3.63, 3.8) is 0 Å². The van der Waals surface area contributed by atoms with Crippen molar-refractivity contribution in [1.29, 1.82) is 0 Å². The molecule has 0 aliphatic heterocycles. The summed E-state index contributed by atoms with van der Waals surface area (Å²) in [7, 11) is 0. The molecule has 0 bridgehead atoms. The van der Waals surface area contributed by atoms with Gasteiger partial charge in [0.15, 0.2) is 5.16 Å². The van der Waals surface area contributed by atoms with Crippen LogP contribution in [0.5, 0.6) is 0 Å². The van der Waals surface area contributed by atoms with Crippen LogP contribution in [0.4, 0.5) is 0 Å². The number of aromatic nitrogens is 2. The first kappa shape index (κ1) is 21.0. The van der Waals surface area contributed by atoms with Crippen LogP contribution < -0.4 is 10.9 Å². The average Bonchev–Trinajstić information content (AvgIpc) is 2.93. The van der Waals surface area contributed by atoms with Crippen LogP contribution in [0, 0.1) is 12.8 Å². The lowest BCUT2D eigenvalue weighted by Gasteiger charge is -2.14. The topological polar surface area (TPSA) is 74.8 Å². The monoisotopic (exact) mass is 395 g/mol. The largest absolute Gasteiger partial charge is 0.353 e. The number of nitrogens with one attached hydrogen (secondary N) is 2. The Bertz CT molecular complexity index is 809. The lowest BCUT2D eigenvalue weighted by Crippen LogP contribution is -2.35. The van der Waals surface area contributed by atoms with Crippen LogP contribution in [0.1, 0.15) is 57.4 Å². The summed E-state index contributed by atoms with van der Waals surface area (Å²) in [4.78, 5) is 34.0. The van der Waals surface area contributed by atoms with Gasteiger partial charge in [0, 0.05) is 10.9 Å². The third-order valence-electron chi connectivity index (χ3n) is 4.78. The molecule has 2 N–H and O–H groups in total. The Morgan fingerprint density at radius 3 is 2.58 bits per heavy atom. The van der Waals surface area contributed by atoms with Gasteiger partial charge in [-0.3, -0.25) is 9.59 Å². The standard InChI is InChI=1S/C19H29N3O2S2/c1-6-11(4)9-14-12(5)26-18-16(14)17(24)21-19(22-18)25-10-15(23)20-13(7-2)8-3/h11,13H,6-10H2,1-5H3,(H,20,23)(H,21,22,24)/t11-/m0/s1. The van der Waals surface area contributed by atoms with Gasteiger partial charge in [-0.25, -0.2) is 4.98 Å². The molecule has 0 aliphatic carbocycles. The van der Waals surface area contributed by atoms with Gasteiger partial charge in [0.1, 0.15) is 4.83 Å². The number of thioether (sulfide) groups is 1. The third kappa shape index (κ3) is 5.10. The molecule has 7 heteroatoms. The summed E-state index contributed by atoms with van der Waals surface area (Å²) in [6.07, 6.45) is 3.82. The minimum absolute atomic E-state index is 0.0220. The van der Waals surface area contributed by atoms with Gasteiger partial charge in [-0.05, 0) is 37.7 Å². The molecule has 1 amide bonds. The number of hydrogen-bond donors (Lipinski definition) is 2. The number of aryl methyl sites for hydroxylation is 1. The zero-order valence-electron chi connectivity index (χ0n) is 16.3. The van der Waals surface area contributed by atoms with Crippen LogP contribution >= 0.6 is 23.1 Å². The van der Waals surface area contributed by atoms with Crippen LogP contribution in [-0.2, 0) is 11.2 Å². The second-order valence-corrected chi connectivity index (χ2v) is 8.94. The van der Waals surface area contributed by atoms with E-state index < -0.39 is 0 Å². The smallest absolute Gasteiger partial charge is 0.260 e. The van der Waals surface area contributed by atoms with Gasteiger partial charge in [-0.1, -0.05) is 45.9 Å². The molecule has 0 saturated carbocycles. The van der Waals surface area contributed by atoms with Crippen molar-refractivity contribution in [2.24, 2.45) is 5.92 Å². The Labute approximate surface area is 163 Å². The molecular formula is C19H29N3O2S2. The summed E-state index contributed by atoms with van der Waals surface area (Å²) in [6, 6.07) is 0.209. The molecule has 0 radical (unpaired) electrons. The Hall–Kier alpha value is -1.34. The first-order valence-electron chi connectivity index (χ1n) is 9.33. The molecule has 2 rings (SSSR count). The number of hydrogen-bond acceptors (Lipinski definition) is 5. The zero-order chi connectivity index (χ0) is 19.3. The summed E-state index contributed by atoms with van der Waals surface area (Å²) < 4.78 is 0. The first-order chi connectivity index (χ1) is 12.4. The van der Waals surface area contributed by atoms with E-state index in [9.17, 15) is 9.59 Å². The van der Waals surface area contributed by atoms with Gasteiger partial charge in [-0.15, -0.1) is 11.3 Å². The van der Waals surface area contributed by atoms with Crippen LogP contribution in [-0.4, -0.2) is 27.7 Å². The number of aromatic amines is 1. The van der Waals surface area contributed by atoms with E-state index in [-0.39, 0.29) is 23.3 Å². The molecule has 0 saturated heterocycles. The van der Waals surface area contributed by atoms with Crippen molar-refractivity contribution in [1.82, 2.24) is 15.3 Å². The van der Waals surface area contributed by atoms with Crippen molar-refractivity contribution < 1.29 is 4.79 Å². The summed E-state index contributed by atoms with van der Waals surface area (Å²) >= 11 is 2.85. The molecule has 0 unspecified atom stereocenters. The molecule has 5 nitrogen and oxygen atoms in total. The maximum atomic E-state index is 12.6. The summed E-state index contributed by atoms with van der Waals surface area (Å²) in [5.74, 6) is 0.773. The van der Waals surface area contributed by atoms with Gasteiger partial charge in [0.25, 0.3) is 5.56 Å². The number of nitrogens with zero attached hydrogens (tertiary/aromatic N) is 1. The average molecular weight is 396 g/mol. The highest BCUT2D eigenvalue weighted by atomic mass is 32.2. The Morgan fingerprint density at radius 1 is 1.27 bits per heavy atom. The molecule has 2 aromatic rings. The SMILES string of the molecule is CCC(CC)NC(=O)CSc1nc2sc(C)c(C[C@@H](C)CC)c2c(=O)[nH]1. The Balaban J connectivity index is 2.16. The quantitative estimate of drug-likeness (QED) is 0.491.